The Bertz CT molecular complexity index is 772. The fraction of sp³-hybridized carbons (Fsp3) is 0.211. The Morgan fingerprint density at radius 2 is 1.73 bits per heavy atom. The van der Waals surface area contributed by atoms with Crippen molar-refractivity contribution in [2.24, 2.45) is 5.10 Å². The van der Waals surface area contributed by atoms with Crippen molar-refractivity contribution in [1.82, 2.24) is 10.7 Å². The summed E-state index contributed by atoms with van der Waals surface area (Å²) in [5, 5.41) is 6.93. The summed E-state index contributed by atoms with van der Waals surface area (Å²) in [5.41, 5.74) is 3.95. The first kappa shape index (κ1) is 19.5. The lowest BCUT2D eigenvalue weighted by molar-refractivity contribution is -0.139. The summed E-state index contributed by atoms with van der Waals surface area (Å²) >= 11 is 5.85. The van der Waals surface area contributed by atoms with Crippen LogP contribution in [0.1, 0.15) is 25.0 Å². The molecule has 0 aliphatic rings. The van der Waals surface area contributed by atoms with Gasteiger partial charge in [0.2, 0.25) is 0 Å². The molecular formula is C19H20ClN3O3. The highest BCUT2D eigenvalue weighted by Gasteiger charge is 2.12. The van der Waals surface area contributed by atoms with E-state index in [-0.39, 0.29) is 6.04 Å². The maximum Gasteiger partial charge on any atom is 0.329 e. The molecule has 7 heteroatoms. The Kier molecular flexibility index (Phi) is 7.17. The summed E-state index contributed by atoms with van der Waals surface area (Å²) in [4.78, 5) is 22.9. The van der Waals surface area contributed by atoms with Crippen molar-refractivity contribution in [3.8, 4) is 5.75 Å². The van der Waals surface area contributed by atoms with Crippen LogP contribution in [0, 0.1) is 0 Å². The zero-order valence-corrected chi connectivity index (χ0v) is 15.3. The third-order valence-electron chi connectivity index (χ3n) is 3.20. The quantitative estimate of drug-likeness (QED) is 0.464. The third-order valence-corrected chi connectivity index (χ3v) is 3.46. The molecule has 0 aliphatic carbocycles. The van der Waals surface area contributed by atoms with Gasteiger partial charge < -0.3 is 10.1 Å². The van der Waals surface area contributed by atoms with Crippen molar-refractivity contribution in [1.29, 1.82) is 0 Å². The fourth-order valence-corrected chi connectivity index (χ4v) is 2.07. The monoisotopic (exact) mass is 373 g/mol. The summed E-state index contributed by atoms with van der Waals surface area (Å²) in [6, 6.07) is 14.5. The first-order valence-corrected chi connectivity index (χ1v) is 8.43. The molecule has 0 saturated carbocycles. The van der Waals surface area contributed by atoms with Crippen molar-refractivity contribution in [3.05, 3.63) is 64.7 Å². The zero-order valence-electron chi connectivity index (χ0n) is 14.5. The molecular weight excluding hydrogens is 354 g/mol. The smallest absolute Gasteiger partial charge is 0.329 e. The third kappa shape index (κ3) is 6.57. The molecule has 0 aromatic heterocycles. The van der Waals surface area contributed by atoms with Crippen LogP contribution in [0.3, 0.4) is 0 Å². The number of rotatable bonds is 6. The lowest BCUT2D eigenvalue weighted by Crippen LogP contribution is -2.41. The summed E-state index contributed by atoms with van der Waals surface area (Å²) in [6.45, 7) is 3.97. The van der Waals surface area contributed by atoms with Crippen LogP contribution in [0.25, 0.3) is 0 Å². The second-order valence-electron chi connectivity index (χ2n) is 5.81. The van der Waals surface area contributed by atoms with Crippen LogP contribution in [0.5, 0.6) is 5.75 Å². The van der Waals surface area contributed by atoms with Gasteiger partial charge >= 0.3 is 11.8 Å². The summed E-state index contributed by atoms with van der Waals surface area (Å²) in [6.07, 6.45) is 1.45. The predicted molar refractivity (Wildman–Crippen MR) is 101 cm³/mol. The average Bonchev–Trinajstić information content (AvgIpc) is 2.61. The second kappa shape index (κ2) is 9.58. The van der Waals surface area contributed by atoms with Gasteiger partial charge in [-0.25, -0.2) is 5.43 Å². The molecule has 0 unspecified atom stereocenters. The van der Waals surface area contributed by atoms with Crippen LogP contribution >= 0.6 is 11.6 Å². The first-order chi connectivity index (χ1) is 12.4. The molecule has 0 spiro atoms. The molecule has 0 aliphatic heterocycles. The van der Waals surface area contributed by atoms with Crippen molar-refractivity contribution >= 4 is 29.6 Å². The van der Waals surface area contributed by atoms with E-state index in [1.54, 1.807) is 38.1 Å². The molecule has 0 fully saturated rings. The lowest BCUT2D eigenvalue weighted by Gasteiger charge is -2.07. The van der Waals surface area contributed by atoms with Gasteiger partial charge in [-0.3, -0.25) is 9.59 Å². The molecule has 2 rings (SSSR count). The van der Waals surface area contributed by atoms with Crippen LogP contribution in [0.15, 0.2) is 53.6 Å². The summed E-state index contributed by atoms with van der Waals surface area (Å²) in [7, 11) is 0. The van der Waals surface area contributed by atoms with E-state index in [2.05, 4.69) is 15.8 Å². The van der Waals surface area contributed by atoms with Gasteiger partial charge in [0.15, 0.2) is 0 Å². The number of hydrogen-bond donors (Lipinski definition) is 2. The highest BCUT2D eigenvalue weighted by atomic mass is 35.5. The van der Waals surface area contributed by atoms with Crippen molar-refractivity contribution in [2.75, 3.05) is 0 Å². The lowest BCUT2D eigenvalue weighted by atomic mass is 10.2. The van der Waals surface area contributed by atoms with Crippen LogP contribution in [-0.2, 0) is 16.2 Å². The molecule has 6 nitrogen and oxygen atoms in total. The van der Waals surface area contributed by atoms with Crippen molar-refractivity contribution in [3.63, 3.8) is 0 Å². The maximum absolute atomic E-state index is 11.5. The minimum Gasteiger partial charge on any atom is -0.489 e. The van der Waals surface area contributed by atoms with E-state index >= 15 is 0 Å². The van der Waals surface area contributed by atoms with Crippen LogP contribution in [-0.4, -0.2) is 24.1 Å². The molecule has 2 aromatic carbocycles. The minimum atomic E-state index is -0.808. The molecule has 0 radical (unpaired) electrons. The Morgan fingerprint density at radius 3 is 2.35 bits per heavy atom. The molecule has 136 valence electrons. The second-order valence-corrected chi connectivity index (χ2v) is 6.25. The summed E-state index contributed by atoms with van der Waals surface area (Å²) in [5.74, 6) is -0.821. The molecule has 0 heterocycles. The van der Waals surface area contributed by atoms with E-state index in [0.29, 0.717) is 17.4 Å². The van der Waals surface area contributed by atoms with Gasteiger partial charge in [-0.05, 0) is 61.4 Å². The topological polar surface area (TPSA) is 79.8 Å². The number of carbonyl (C=O) groups is 2. The number of nitrogens with one attached hydrogen (secondary N) is 2. The van der Waals surface area contributed by atoms with Gasteiger partial charge in [-0.2, -0.15) is 5.10 Å². The van der Waals surface area contributed by atoms with Crippen LogP contribution in [0.4, 0.5) is 0 Å². The Balaban J connectivity index is 1.82. The standard InChI is InChI=1S/C19H20ClN3O3/c1-13(2)22-18(24)19(25)23-21-11-14-5-9-17(10-6-14)26-12-15-3-7-16(20)8-4-15/h3-11,13H,12H2,1-2H3,(H,22,24)(H,23,25)/b21-11-. The van der Waals surface area contributed by atoms with E-state index in [0.717, 1.165) is 11.1 Å². The molecule has 0 saturated heterocycles. The number of hydrogen-bond acceptors (Lipinski definition) is 4. The Hall–Kier alpha value is -2.86. The molecule has 2 N–H and O–H groups in total. The maximum atomic E-state index is 11.5. The van der Waals surface area contributed by atoms with Gasteiger partial charge in [0, 0.05) is 11.1 Å². The highest BCUT2D eigenvalue weighted by molar-refractivity contribution is 6.35. The van der Waals surface area contributed by atoms with E-state index in [4.69, 9.17) is 16.3 Å². The predicted octanol–water partition coefficient (Wildman–Crippen LogP) is 2.89. The molecule has 0 atom stereocenters. The van der Waals surface area contributed by atoms with E-state index in [1.165, 1.54) is 6.21 Å². The van der Waals surface area contributed by atoms with Crippen LogP contribution < -0.4 is 15.5 Å². The molecule has 2 amide bonds. The largest absolute Gasteiger partial charge is 0.489 e. The van der Waals surface area contributed by atoms with Crippen molar-refractivity contribution < 1.29 is 14.3 Å². The van der Waals surface area contributed by atoms with E-state index < -0.39 is 11.8 Å². The van der Waals surface area contributed by atoms with Crippen LogP contribution in [0.2, 0.25) is 5.02 Å². The van der Waals surface area contributed by atoms with Crippen molar-refractivity contribution in [2.45, 2.75) is 26.5 Å². The molecule has 26 heavy (non-hydrogen) atoms. The minimum absolute atomic E-state index is 0.113. The zero-order chi connectivity index (χ0) is 18.9. The number of ether oxygens (including phenoxy) is 1. The molecule has 0 bridgehead atoms. The number of benzene rings is 2. The first-order valence-electron chi connectivity index (χ1n) is 8.05. The Labute approximate surface area is 157 Å². The number of nitrogens with zero attached hydrogens (tertiary/aromatic N) is 1. The SMILES string of the molecule is CC(C)NC(=O)C(=O)N/N=C\c1ccc(OCc2ccc(Cl)cc2)cc1. The van der Waals surface area contributed by atoms with Gasteiger partial charge in [0.05, 0.1) is 6.21 Å². The summed E-state index contributed by atoms with van der Waals surface area (Å²) < 4.78 is 5.69. The fourth-order valence-electron chi connectivity index (χ4n) is 1.94. The Morgan fingerprint density at radius 1 is 1.08 bits per heavy atom. The number of hydrazone groups is 1. The van der Waals surface area contributed by atoms with Gasteiger partial charge in [-0.1, -0.05) is 23.7 Å². The highest BCUT2D eigenvalue weighted by Crippen LogP contribution is 2.15. The number of halogens is 1. The van der Waals surface area contributed by atoms with E-state index in [1.807, 2.05) is 24.3 Å². The normalized spacial score (nSPS) is 10.8. The average molecular weight is 374 g/mol. The van der Waals surface area contributed by atoms with Gasteiger partial charge in [-0.15, -0.1) is 0 Å². The van der Waals surface area contributed by atoms with Gasteiger partial charge in [0.25, 0.3) is 0 Å². The van der Waals surface area contributed by atoms with Gasteiger partial charge in [0.1, 0.15) is 12.4 Å². The molecule has 2 aromatic rings. The van der Waals surface area contributed by atoms with E-state index in [9.17, 15) is 9.59 Å². The number of amides is 2. The number of carbonyl (C=O) groups excluding carboxylic acids is 2.